The number of morpholine rings is 1. The van der Waals surface area contributed by atoms with Gasteiger partial charge in [-0.1, -0.05) is 24.3 Å². The Labute approximate surface area is 203 Å². The molecule has 176 valence electrons. The second-order valence-electron chi connectivity index (χ2n) is 7.44. The lowest BCUT2D eigenvalue weighted by Gasteiger charge is -2.27. The summed E-state index contributed by atoms with van der Waals surface area (Å²) >= 11 is 0. The Morgan fingerprint density at radius 2 is 1.90 bits per heavy atom. The van der Waals surface area contributed by atoms with Gasteiger partial charge in [0, 0.05) is 53.5 Å². The minimum atomic E-state index is 0. The number of guanidine groups is 1. The zero-order chi connectivity index (χ0) is 21.6. The van der Waals surface area contributed by atoms with Gasteiger partial charge in [-0.2, -0.15) is 0 Å². The smallest absolute Gasteiger partial charge is 0.241 e. The summed E-state index contributed by atoms with van der Waals surface area (Å²) in [6.45, 7) is 9.31. The molecule has 2 N–H and O–H groups in total. The van der Waals surface area contributed by atoms with Gasteiger partial charge in [-0.15, -0.1) is 24.0 Å². The maximum absolute atomic E-state index is 12.0. The number of aliphatic imine (C=N–C) groups is 1. The highest BCUT2D eigenvalue weighted by Crippen LogP contribution is 2.14. The molecular formula is C22H38IN5O3. The van der Waals surface area contributed by atoms with Crippen LogP contribution in [-0.2, 0) is 27.4 Å². The number of amides is 1. The van der Waals surface area contributed by atoms with E-state index >= 15 is 0 Å². The molecule has 0 atom stereocenters. The third-order valence-corrected chi connectivity index (χ3v) is 4.89. The van der Waals surface area contributed by atoms with E-state index in [1.54, 1.807) is 19.0 Å². The van der Waals surface area contributed by atoms with Crippen molar-refractivity contribution in [1.82, 2.24) is 20.4 Å². The first-order chi connectivity index (χ1) is 14.6. The molecule has 0 saturated carbocycles. The Morgan fingerprint density at radius 1 is 1.19 bits per heavy atom. The van der Waals surface area contributed by atoms with Gasteiger partial charge in [-0.3, -0.25) is 9.69 Å². The molecule has 1 aliphatic heterocycles. The second-order valence-corrected chi connectivity index (χ2v) is 7.44. The average molecular weight is 547 g/mol. The Balaban J connectivity index is 0.00000480. The number of carbonyl (C=O) groups excluding carboxylic acids is 1. The predicted molar refractivity (Wildman–Crippen MR) is 135 cm³/mol. The number of rotatable bonds is 11. The van der Waals surface area contributed by atoms with Gasteiger partial charge < -0.3 is 25.0 Å². The molecule has 1 aromatic rings. The first-order valence-electron chi connectivity index (χ1n) is 10.8. The Morgan fingerprint density at radius 3 is 2.58 bits per heavy atom. The molecule has 1 fully saturated rings. The van der Waals surface area contributed by atoms with E-state index < -0.39 is 0 Å². The van der Waals surface area contributed by atoms with Crippen LogP contribution in [0.1, 0.15) is 24.5 Å². The summed E-state index contributed by atoms with van der Waals surface area (Å²) in [6, 6.07) is 8.41. The van der Waals surface area contributed by atoms with Crippen LogP contribution in [0.4, 0.5) is 0 Å². The number of halogens is 1. The standard InChI is InChI=1S/C22H37N5O3.HI/c1-4-29-13-7-10-23-22(25-17-21(28)26(2)3)24-16-19-8-5-6-9-20(19)18-27-11-14-30-15-12-27;/h5-6,8-9H,4,7,10-18H2,1-3H3,(H2,23,24,25);1H. The molecule has 1 amide bonds. The molecular weight excluding hydrogens is 509 g/mol. The molecule has 9 heteroatoms. The van der Waals surface area contributed by atoms with Crippen LogP contribution in [0.5, 0.6) is 0 Å². The zero-order valence-electron chi connectivity index (χ0n) is 19.1. The minimum Gasteiger partial charge on any atom is -0.382 e. The van der Waals surface area contributed by atoms with E-state index in [0.29, 0.717) is 19.1 Å². The van der Waals surface area contributed by atoms with Crippen molar-refractivity contribution in [2.24, 2.45) is 4.99 Å². The molecule has 0 bridgehead atoms. The third-order valence-electron chi connectivity index (χ3n) is 4.89. The molecule has 0 unspecified atom stereocenters. The number of benzene rings is 1. The van der Waals surface area contributed by atoms with Gasteiger partial charge in [-0.25, -0.2) is 4.99 Å². The Hall–Kier alpha value is -1.43. The topological polar surface area (TPSA) is 78.4 Å². The molecule has 1 saturated heterocycles. The first-order valence-corrected chi connectivity index (χ1v) is 10.8. The monoisotopic (exact) mass is 547 g/mol. The highest BCUT2D eigenvalue weighted by atomic mass is 127. The van der Waals surface area contributed by atoms with E-state index in [4.69, 9.17) is 14.5 Å². The van der Waals surface area contributed by atoms with Crippen LogP contribution in [0, 0.1) is 0 Å². The number of ether oxygens (including phenoxy) is 2. The van der Waals surface area contributed by atoms with E-state index in [0.717, 1.165) is 52.4 Å². The SMILES string of the molecule is CCOCCCNC(=NCc1ccccc1CN1CCOCC1)NCC(=O)N(C)C.I. The second kappa shape index (κ2) is 16.2. The van der Waals surface area contributed by atoms with Crippen molar-refractivity contribution >= 4 is 35.8 Å². The van der Waals surface area contributed by atoms with Gasteiger partial charge in [0.15, 0.2) is 5.96 Å². The van der Waals surface area contributed by atoms with Crippen molar-refractivity contribution in [3.63, 3.8) is 0 Å². The lowest BCUT2D eigenvalue weighted by Crippen LogP contribution is -2.43. The van der Waals surface area contributed by atoms with Crippen LogP contribution in [-0.4, -0.2) is 88.4 Å². The van der Waals surface area contributed by atoms with Crippen molar-refractivity contribution in [3.8, 4) is 0 Å². The van der Waals surface area contributed by atoms with Crippen LogP contribution in [0.15, 0.2) is 29.3 Å². The summed E-state index contributed by atoms with van der Waals surface area (Å²) in [5.74, 6) is 0.648. The lowest BCUT2D eigenvalue weighted by molar-refractivity contribution is -0.127. The maximum atomic E-state index is 12.0. The number of nitrogens with one attached hydrogen (secondary N) is 2. The molecule has 1 heterocycles. The number of carbonyl (C=O) groups is 1. The van der Waals surface area contributed by atoms with Crippen molar-refractivity contribution in [1.29, 1.82) is 0 Å². The van der Waals surface area contributed by atoms with Crippen molar-refractivity contribution < 1.29 is 14.3 Å². The third kappa shape index (κ3) is 11.1. The largest absolute Gasteiger partial charge is 0.382 e. The van der Waals surface area contributed by atoms with E-state index in [9.17, 15) is 4.79 Å². The lowest BCUT2D eigenvalue weighted by atomic mass is 10.1. The van der Waals surface area contributed by atoms with Gasteiger partial charge >= 0.3 is 0 Å². The minimum absolute atomic E-state index is 0. The number of hydrogen-bond acceptors (Lipinski definition) is 5. The molecule has 31 heavy (non-hydrogen) atoms. The summed E-state index contributed by atoms with van der Waals surface area (Å²) in [7, 11) is 3.50. The fourth-order valence-electron chi connectivity index (χ4n) is 3.05. The van der Waals surface area contributed by atoms with Crippen molar-refractivity contribution in [3.05, 3.63) is 35.4 Å². The Kier molecular flexibility index (Phi) is 14.5. The van der Waals surface area contributed by atoms with E-state index in [2.05, 4.69) is 33.7 Å². The fourth-order valence-corrected chi connectivity index (χ4v) is 3.05. The highest BCUT2D eigenvalue weighted by Gasteiger charge is 2.13. The van der Waals surface area contributed by atoms with Crippen LogP contribution in [0.2, 0.25) is 0 Å². The normalized spacial score (nSPS) is 14.6. The molecule has 2 rings (SSSR count). The van der Waals surface area contributed by atoms with E-state index in [1.807, 2.05) is 13.0 Å². The first kappa shape index (κ1) is 27.6. The molecule has 0 spiro atoms. The van der Waals surface area contributed by atoms with Crippen LogP contribution >= 0.6 is 24.0 Å². The molecule has 0 aliphatic carbocycles. The summed E-state index contributed by atoms with van der Waals surface area (Å²) in [4.78, 5) is 20.7. The van der Waals surface area contributed by atoms with Crippen molar-refractivity contribution in [2.75, 3.05) is 66.7 Å². The zero-order valence-corrected chi connectivity index (χ0v) is 21.4. The number of nitrogens with zero attached hydrogens (tertiary/aromatic N) is 3. The van der Waals surface area contributed by atoms with Crippen LogP contribution in [0.3, 0.4) is 0 Å². The summed E-state index contributed by atoms with van der Waals surface area (Å²) in [5.41, 5.74) is 2.47. The molecule has 1 aliphatic rings. The van der Waals surface area contributed by atoms with Crippen LogP contribution < -0.4 is 10.6 Å². The molecule has 1 aromatic carbocycles. The van der Waals surface area contributed by atoms with Gasteiger partial charge in [-0.05, 0) is 24.5 Å². The van der Waals surface area contributed by atoms with Gasteiger partial charge in [0.05, 0.1) is 26.3 Å². The number of hydrogen-bond donors (Lipinski definition) is 2. The Bertz CT molecular complexity index is 666. The predicted octanol–water partition coefficient (Wildman–Crippen LogP) is 1.69. The number of likely N-dealkylation sites (N-methyl/N-ethyl adjacent to an activating group) is 1. The molecule has 0 aromatic heterocycles. The highest BCUT2D eigenvalue weighted by molar-refractivity contribution is 14.0. The van der Waals surface area contributed by atoms with Gasteiger partial charge in [0.2, 0.25) is 5.91 Å². The molecule has 0 radical (unpaired) electrons. The van der Waals surface area contributed by atoms with Crippen molar-refractivity contribution in [2.45, 2.75) is 26.4 Å². The summed E-state index contributed by atoms with van der Waals surface area (Å²) in [5, 5.41) is 6.45. The van der Waals surface area contributed by atoms with Gasteiger partial charge in [0.1, 0.15) is 0 Å². The van der Waals surface area contributed by atoms with Crippen LogP contribution in [0.25, 0.3) is 0 Å². The maximum Gasteiger partial charge on any atom is 0.241 e. The van der Waals surface area contributed by atoms with E-state index in [-0.39, 0.29) is 36.4 Å². The average Bonchev–Trinajstić information content (AvgIpc) is 2.76. The molecule has 8 nitrogen and oxygen atoms in total. The summed E-state index contributed by atoms with van der Waals surface area (Å²) < 4.78 is 10.8. The summed E-state index contributed by atoms with van der Waals surface area (Å²) in [6.07, 6.45) is 0.879. The fraction of sp³-hybridized carbons (Fsp3) is 0.636. The van der Waals surface area contributed by atoms with Gasteiger partial charge in [0.25, 0.3) is 0 Å². The van der Waals surface area contributed by atoms with E-state index in [1.165, 1.54) is 11.1 Å². The quantitative estimate of drug-likeness (QED) is 0.190.